The van der Waals surface area contributed by atoms with E-state index in [1.807, 2.05) is 0 Å². The number of rotatable bonds is 20. The number of ether oxygens (including phenoxy) is 2. The van der Waals surface area contributed by atoms with E-state index in [-0.39, 0.29) is 19.9 Å². The second kappa shape index (κ2) is 23.8. The maximum atomic E-state index is 11.8. The van der Waals surface area contributed by atoms with Gasteiger partial charge in [0.1, 0.15) is 13.2 Å². The Bertz CT molecular complexity index is 453. The Labute approximate surface area is 204 Å². The lowest BCUT2D eigenvalue weighted by Crippen LogP contribution is -2.33. The Balaban J connectivity index is 0.0000102. The summed E-state index contributed by atoms with van der Waals surface area (Å²) in [5, 5.41) is 2.81. The molecule has 1 fully saturated rings. The SMILES string of the molecule is C.CCCCCCCCCCCCCCCC(=O)NCCOC(=O)OCCN1CCCCC1. The fourth-order valence-electron chi connectivity index (χ4n) is 4.20. The summed E-state index contributed by atoms with van der Waals surface area (Å²) < 4.78 is 10.1. The molecule has 1 aliphatic rings. The second-order valence-electron chi connectivity index (χ2n) is 9.19. The molecule has 1 heterocycles. The van der Waals surface area contributed by atoms with Gasteiger partial charge in [-0.1, -0.05) is 97.8 Å². The summed E-state index contributed by atoms with van der Waals surface area (Å²) in [4.78, 5) is 25.7. The Morgan fingerprint density at radius 2 is 1.24 bits per heavy atom. The van der Waals surface area contributed by atoms with E-state index in [2.05, 4.69) is 17.1 Å². The van der Waals surface area contributed by atoms with E-state index >= 15 is 0 Å². The van der Waals surface area contributed by atoms with Crippen molar-refractivity contribution in [1.29, 1.82) is 0 Å². The van der Waals surface area contributed by atoms with Crippen LogP contribution in [0.15, 0.2) is 0 Å². The molecule has 6 heteroatoms. The minimum absolute atomic E-state index is 0. The third kappa shape index (κ3) is 21.0. The molecule has 0 bridgehead atoms. The first-order chi connectivity index (χ1) is 15.7. The Kier molecular flexibility index (Phi) is 22.9. The largest absolute Gasteiger partial charge is 0.508 e. The highest BCUT2D eigenvalue weighted by molar-refractivity contribution is 5.75. The number of piperidine rings is 1. The maximum absolute atomic E-state index is 11.8. The predicted octanol–water partition coefficient (Wildman–Crippen LogP) is 6.86. The standard InChI is InChI=1S/C26H50N2O4.CH4/c1-2-3-4-5-6-7-8-9-10-11-12-13-15-18-25(29)27-19-23-31-26(30)32-24-22-28-20-16-14-17-21-28;/h2-24H2,1H3,(H,27,29);1H4. The molecule has 0 aromatic carbocycles. The monoisotopic (exact) mass is 470 g/mol. The minimum Gasteiger partial charge on any atom is -0.433 e. The molecule has 0 spiro atoms. The van der Waals surface area contributed by atoms with Gasteiger partial charge in [0.25, 0.3) is 0 Å². The van der Waals surface area contributed by atoms with Gasteiger partial charge in [-0.05, 0) is 32.4 Å². The molecular weight excluding hydrogens is 416 g/mol. The highest BCUT2D eigenvalue weighted by atomic mass is 16.7. The summed E-state index contributed by atoms with van der Waals surface area (Å²) in [5.41, 5.74) is 0. The van der Waals surface area contributed by atoms with E-state index in [0.29, 0.717) is 19.6 Å². The minimum atomic E-state index is -0.646. The zero-order valence-corrected chi connectivity index (χ0v) is 20.8. The van der Waals surface area contributed by atoms with E-state index in [0.717, 1.165) is 32.5 Å². The van der Waals surface area contributed by atoms with Gasteiger partial charge in [-0.25, -0.2) is 4.79 Å². The fraction of sp³-hybridized carbons (Fsp3) is 0.926. The van der Waals surface area contributed by atoms with Crippen LogP contribution in [0.25, 0.3) is 0 Å². The molecule has 0 radical (unpaired) electrons. The number of hydrogen-bond acceptors (Lipinski definition) is 5. The molecule has 0 aromatic rings. The topological polar surface area (TPSA) is 67.9 Å². The average Bonchev–Trinajstić information content (AvgIpc) is 2.80. The van der Waals surface area contributed by atoms with Gasteiger partial charge < -0.3 is 14.8 Å². The molecule has 1 N–H and O–H groups in total. The summed E-state index contributed by atoms with van der Waals surface area (Å²) in [5.74, 6) is 0.0372. The summed E-state index contributed by atoms with van der Waals surface area (Å²) >= 11 is 0. The molecule has 6 nitrogen and oxygen atoms in total. The normalized spacial score (nSPS) is 13.8. The molecule has 1 rings (SSSR count). The van der Waals surface area contributed by atoms with Gasteiger partial charge in [-0.2, -0.15) is 0 Å². The fourth-order valence-corrected chi connectivity index (χ4v) is 4.20. The van der Waals surface area contributed by atoms with Crippen molar-refractivity contribution in [3.8, 4) is 0 Å². The van der Waals surface area contributed by atoms with E-state index in [4.69, 9.17) is 9.47 Å². The van der Waals surface area contributed by atoms with Crippen LogP contribution in [0.4, 0.5) is 4.79 Å². The molecule has 0 aromatic heterocycles. The van der Waals surface area contributed by atoms with Crippen molar-refractivity contribution >= 4 is 12.1 Å². The molecule has 33 heavy (non-hydrogen) atoms. The summed E-state index contributed by atoms with van der Waals surface area (Å²) in [6, 6.07) is 0. The van der Waals surface area contributed by atoms with Gasteiger partial charge in [0.15, 0.2) is 0 Å². The number of likely N-dealkylation sites (tertiary alicyclic amines) is 1. The van der Waals surface area contributed by atoms with Crippen LogP contribution in [-0.2, 0) is 14.3 Å². The number of carbonyl (C=O) groups is 2. The van der Waals surface area contributed by atoms with Crippen molar-refractivity contribution in [2.24, 2.45) is 0 Å². The molecule has 0 atom stereocenters. The van der Waals surface area contributed by atoms with E-state index in [9.17, 15) is 9.59 Å². The molecular formula is C27H54N2O4. The van der Waals surface area contributed by atoms with Crippen molar-refractivity contribution in [3.63, 3.8) is 0 Å². The number of nitrogens with zero attached hydrogens (tertiary/aromatic N) is 1. The highest BCUT2D eigenvalue weighted by Gasteiger charge is 2.11. The Morgan fingerprint density at radius 3 is 1.82 bits per heavy atom. The van der Waals surface area contributed by atoms with Crippen molar-refractivity contribution in [2.45, 2.75) is 124 Å². The molecule has 0 unspecified atom stereocenters. The maximum Gasteiger partial charge on any atom is 0.508 e. The lowest BCUT2D eigenvalue weighted by molar-refractivity contribution is -0.121. The summed E-state index contributed by atoms with van der Waals surface area (Å²) in [6.45, 7) is 6.08. The molecule has 0 aliphatic carbocycles. The van der Waals surface area contributed by atoms with Gasteiger partial charge >= 0.3 is 6.16 Å². The van der Waals surface area contributed by atoms with Crippen molar-refractivity contribution in [2.75, 3.05) is 39.4 Å². The van der Waals surface area contributed by atoms with E-state index < -0.39 is 6.16 Å². The van der Waals surface area contributed by atoms with Gasteiger partial charge in [-0.3, -0.25) is 9.69 Å². The number of nitrogens with one attached hydrogen (secondary N) is 1. The first-order valence-electron chi connectivity index (χ1n) is 13.5. The Morgan fingerprint density at radius 1 is 0.727 bits per heavy atom. The zero-order chi connectivity index (χ0) is 23.1. The van der Waals surface area contributed by atoms with Crippen LogP contribution in [0.3, 0.4) is 0 Å². The summed E-state index contributed by atoms with van der Waals surface area (Å²) in [7, 11) is 0. The summed E-state index contributed by atoms with van der Waals surface area (Å²) in [6.07, 6.45) is 20.6. The number of hydrogen-bond donors (Lipinski definition) is 1. The number of amides is 1. The smallest absolute Gasteiger partial charge is 0.433 e. The van der Waals surface area contributed by atoms with Crippen LogP contribution in [0, 0.1) is 0 Å². The van der Waals surface area contributed by atoms with Crippen molar-refractivity contribution in [1.82, 2.24) is 10.2 Å². The van der Waals surface area contributed by atoms with E-state index in [1.165, 1.54) is 89.9 Å². The van der Waals surface area contributed by atoms with Gasteiger partial charge in [0.05, 0.1) is 6.54 Å². The van der Waals surface area contributed by atoms with Crippen LogP contribution in [0.1, 0.15) is 124 Å². The molecule has 1 aliphatic heterocycles. The Hall–Kier alpha value is -1.30. The van der Waals surface area contributed by atoms with Gasteiger partial charge in [0, 0.05) is 13.0 Å². The third-order valence-corrected chi connectivity index (χ3v) is 6.23. The van der Waals surface area contributed by atoms with Gasteiger partial charge in [-0.15, -0.1) is 0 Å². The predicted molar refractivity (Wildman–Crippen MR) is 138 cm³/mol. The molecule has 1 amide bonds. The molecule has 0 saturated carbocycles. The van der Waals surface area contributed by atoms with Gasteiger partial charge in [0.2, 0.25) is 5.91 Å². The van der Waals surface area contributed by atoms with Crippen LogP contribution in [0.2, 0.25) is 0 Å². The van der Waals surface area contributed by atoms with Crippen molar-refractivity contribution in [3.05, 3.63) is 0 Å². The van der Waals surface area contributed by atoms with E-state index in [1.54, 1.807) is 0 Å². The van der Waals surface area contributed by atoms with Crippen LogP contribution < -0.4 is 5.32 Å². The zero-order valence-electron chi connectivity index (χ0n) is 20.8. The molecule has 196 valence electrons. The van der Waals surface area contributed by atoms with Crippen molar-refractivity contribution < 1.29 is 19.1 Å². The average molecular weight is 471 g/mol. The number of unbranched alkanes of at least 4 members (excludes halogenated alkanes) is 12. The van der Waals surface area contributed by atoms with Crippen LogP contribution >= 0.6 is 0 Å². The van der Waals surface area contributed by atoms with Crippen LogP contribution in [0.5, 0.6) is 0 Å². The second-order valence-corrected chi connectivity index (χ2v) is 9.19. The lowest BCUT2D eigenvalue weighted by Gasteiger charge is -2.25. The number of carbonyl (C=O) groups excluding carboxylic acids is 2. The first kappa shape index (κ1) is 31.7. The lowest BCUT2D eigenvalue weighted by atomic mass is 10.0. The third-order valence-electron chi connectivity index (χ3n) is 6.23. The first-order valence-corrected chi connectivity index (χ1v) is 13.5. The molecule has 1 saturated heterocycles. The highest BCUT2D eigenvalue weighted by Crippen LogP contribution is 2.13. The van der Waals surface area contributed by atoms with Crippen LogP contribution in [-0.4, -0.2) is 56.4 Å². The quantitative estimate of drug-likeness (QED) is 0.155.